The normalized spacial score (nSPS) is 13.0. The zero-order valence-corrected chi connectivity index (χ0v) is 19.5. The van der Waals surface area contributed by atoms with E-state index in [0.717, 1.165) is 29.5 Å². The van der Waals surface area contributed by atoms with E-state index < -0.39 is 0 Å². The lowest BCUT2D eigenvalue weighted by atomic mass is 10.0. The Hall–Kier alpha value is -4.51. The molecule has 0 spiro atoms. The smallest absolute Gasteiger partial charge is 0.259 e. The zero-order valence-electron chi connectivity index (χ0n) is 19.5. The Balaban J connectivity index is 1.46. The summed E-state index contributed by atoms with van der Waals surface area (Å²) in [6.07, 6.45) is 6.86. The fraction of sp³-hybridized carbons (Fsp3) is 0.222. The Labute approximate surface area is 202 Å². The van der Waals surface area contributed by atoms with E-state index in [2.05, 4.69) is 21.5 Å². The van der Waals surface area contributed by atoms with Gasteiger partial charge in [0.1, 0.15) is 11.9 Å². The molecular formula is C27H24N6O2. The molecule has 1 N–H and O–H groups in total. The Morgan fingerprint density at radius 3 is 2.49 bits per heavy atom. The second-order valence-corrected chi connectivity index (χ2v) is 8.93. The van der Waals surface area contributed by atoms with Crippen molar-refractivity contribution in [2.24, 2.45) is 0 Å². The summed E-state index contributed by atoms with van der Waals surface area (Å²) < 4.78 is 1.73. The number of carbonyl (C=O) groups excluding carboxylic acids is 2. The fourth-order valence-corrected chi connectivity index (χ4v) is 4.01. The molecule has 4 aromatic rings. The Morgan fingerprint density at radius 2 is 1.86 bits per heavy atom. The molecule has 0 unspecified atom stereocenters. The minimum Gasteiger partial charge on any atom is -0.350 e. The van der Waals surface area contributed by atoms with Crippen LogP contribution < -0.4 is 10.2 Å². The third-order valence-electron chi connectivity index (χ3n) is 5.90. The van der Waals surface area contributed by atoms with E-state index in [4.69, 9.17) is 5.26 Å². The third-order valence-corrected chi connectivity index (χ3v) is 5.90. The van der Waals surface area contributed by atoms with Crippen LogP contribution in [0.25, 0.3) is 16.6 Å². The van der Waals surface area contributed by atoms with Crippen molar-refractivity contribution in [3.05, 3.63) is 83.8 Å². The molecule has 0 radical (unpaired) electrons. The van der Waals surface area contributed by atoms with Gasteiger partial charge in [0, 0.05) is 41.2 Å². The number of benzene rings is 1. The molecule has 0 bridgehead atoms. The molecule has 1 aromatic carbocycles. The number of anilines is 1. The second kappa shape index (κ2) is 9.03. The number of amides is 2. The van der Waals surface area contributed by atoms with Gasteiger partial charge in [0.2, 0.25) is 0 Å². The average molecular weight is 465 g/mol. The van der Waals surface area contributed by atoms with Crippen molar-refractivity contribution < 1.29 is 9.59 Å². The van der Waals surface area contributed by atoms with Crippen LogP contribution in [0.1, 0.15) is 53.0 Å². The summed E-state index contributed by atoms with van der Waals surface area (Å²) in [5.41, 5.74) is 4.13. The second-order valence-electron chi connectivity index (χ2n) is 8.93. The van der Waals surface area contributed by atoms with Crippen LogP contribution in [0.5, 0.6) is 0 Å². The first kappa shape index (κ1) is 22.3. The maximum Gasteiger partial charge on any atom is 0.259 e. The largest absolute Gasteiger partial charge is 0.350 e. The standard InChI is InChI=1S/C27H24N6O2/c1-17(2)31-26(34)20-6-4-19(5-7-20)23-16-30-32-12-11-21(13-24(23)32)27(35)33(22-8-9-22)25-10-3-18(14-28)15-29-25/h3-7,10-13,15-17,22H,8-9H2,1-2H3,(H,31,34). The van der Waals surface area contributed by atoms with E-state index in [1.807, 2.05) is 32.0 Å². The number of hydrogen-bond donors (Lipinski definition) is 1. The Bertz CT molecular complexity index is 1440. The summed E-state index contributed by atoms with van der Waals surface area (Å²) in [5, 5.41) is 16.4. The lowest BCUT2D eigenvalue weighted by Crippen LogP contribution is -2.33. The van der Waals surface area contributed by atoms with E-state index >= 15 is 0 Å². The van der Waals surface area contributed by atoms with Crippen molar-refractivity contribution in [2.75, 3.05) is 4.90 Å². The highest BCUT2D eigenvalue weighted by Crippen LogP contribution is 2.33. The van der Waals surface area contributed by atoms with Crippen LogP contribution in [0, 0.1) is 11.3 Å². The van der Waals surface area contributed by atoms with Crippen LogP contribution in [0.3, 0.4) is 0 Å². The number of rotatable bonds is 6. The van der Waals surface area contributed by atoms with Gasteiger partial charge in [-0.25, -0.2) is 9.50 Å². The molecule has 8 heteroatoms. The summed E-state index contributed by atoms with van der Waals surface area (Å²) in [6.45, 7) is 3.85. The number of hydrogen-bond acceptors (Lipinski definition) is 5. The minimum atomic E-state index is -0.139. The van der Waals surface area contributed by atoms with Crippen LogP contribution in [-0.2, 0) is 0 Å². The number of pyridine rings is 2. The van der Waals surface area contributed by atoms with Crippen LogP contribution in [0.15, 0.2) is 67.1 Å². The molecule has 1 aliphatic carbocycles. The zero-order chi connectivity index (χ0) is 24.5. The van der Waals surface area contributed by atoms with Gasteiger partial charge in [-0.3, -0.25) is 14.5 Å². The lowest BCUT2D eigenvalue weighted by molar-refractivity contribution is 0.0941. The first-order valence-corrected chi connectivity index (χ1v) is 11.5. The van der Waals surface area contributed by atoms with E-state index in [0.29, 0.717) is 22.5 Å². The van der Waals surface area contributed by atoms with Gasteiger partial charge in [-0.15, -0.1) is 0 Å². The molecule has 0 aliphatic heterocycles. The van der Waals surface area contributed by atoms with Crippen molar-refractivity contribution in [3.8, 4) is 17.2 Å². The highest BCUT2D eigenvalue weighted by molar-refractivity contribution is 6.07. The van der Waals surface area contributed by atoms with E-state index in [-0.39, 0.29) is 23.9 Å². The molecule has 1 saturated carbocycles. The summed E-state index contributed by atoms with van der Waals surface area (Å²) in [5.74, 6) is 0.288. The van der Waals surface area contributed by atoms with Gasteiger partial charge in [-0.05, 0) is 68.7 Å². The predicted octanol–water partition coefficient (Wildman–Crippen LogP) is 4.22. The topological polar surface area (TPSA) is 103 Å². The number of carbonyl (C=O) groups is 2. The number of fused-ring (bicyclic) bond motifs is 1. The molecular weight excluding hydrogens is 440 g/mol. The molecule has 3 heterocycles. The van der Waals surface area contributed by atoms with Crippen molar-refractivity contribution in [1.82, 2.24) is 19.9 Å². The Kier molecular flexibility index (Phi) is 5.75. The maximum absolute atomic E-state index is 13.5. The minimum absolute atomic E-state index is 0.0624. The monoisotopic (exact) mass is 464 g/mol. The molecule has 0 saturated heterocycles. The highest BCUT2D eigenvalue weighted by Gasteiger charge is 2.35. The molecule has 8 nitrogen and oxygen atoms in total. The van der Waals surface area contributed by atoms with Gasteiger partial charge in [0.15, 0.2) is 0 Å². The van der Waals surface area contributed by atoms with Gasteiger partial charge in [0.25, 0.3) is 11.8 Å². The first-order valence-electron chi connectivity index (χ1n) is 11.5. The number of aromatic nitrogens is 3. The number of nitrogens with zero attached hydrogens (tertiary/aromatic N) is 5. The molecule has 1 fully saturated rings. The molecule has 1 aliphatic rings. The van der Waals surface area contributed by atoms with E-state index in [1.165, 1.54) is 6.20 Å². The third kappa shape index (κ3) is 4.49. The molecule has 5 rings (SSSR count). The molecule has 2 amide bonds. The predicted molar refractivity (Wildman–Crippen MR) is 132 cm³/mol. The first-order chi connectivity index (χ1) is 16.9. The van der Waals surface area contributed by atoms with Gasteiger partial charge in [-0.2, -0.15) is 10.4 Å². The van der Waals surface area contributed by atoms with E-state index in [9.17, 15) is 9.59 Å². The molecule has 174 valence electrons. The van der Waals surface area contributed by atoms with Crippen molar-refractivity contribution in [2.45, 2.75) is 38.8 Å². The molecule has 35 heavy (non-hydrogen) atoms. The quantitative estimate of drug-likeness (QED) is 0.460. The number of nitriles is 1. The fourth-order valence-electron chi connectivity index (χ4n) is 4.01. The van der Waals surface area contributed by atoms with Crippen LogP contribution in [-0.4, -0.2) is 38.5 Å². The van der Waals surface area contributed by atoms with E-state index in [1.54, 1.807) is 52.1 Å². The van der Waals surface area contributed by atoms with Crippen molar-refractivity contribution in [1.29, 1.82) is 5.26 Å². The average Bonchev–Trinajstić information content (AvgIpc) is 3.61. The van der Waals surface area contributed by atoms with Crippen molar-refractivity contribution >= 4 is 23.1 Å². The van der Waals surface area contributed by atoms with Gasteiger partial charge in [0.05, 0.1) is 17.3 Å². The summed E-state index contributed by atoms with van der Waals surface area (Å²) in [4.78, 5) is 31.9. The number of nitrogens with one attached hydrogen (secondary N) is 1. The van der Waals surface area contributed by atoms with Gasteiger partial charge in [-0.1, -0.05) is 12.1 Å². The molecule has 3 aromatic heterocycles. The lowest BCUT2D eigenvalue weighted by Gasteiger charge is -2.21. The SMILES string of the molecule is CC(C)NC(=O)c1ccc(-c2cnn3ccc(C(=O)N(c4ccc(C#N)cn4)C4CC4)cc23)cc1. The van der Waals surface area contributed by atoms with Crippen LogP contribution >= 0.6 is 0 Å². The van der Waals surface area contributed by atoms with Crippen molar-refractivity contribution in [3.63, 3.8) is 0 Å². The maximum atomic E-state index is 13.5. The summed E-state index contributed by atoms with van der Waals surface area (Å²) >= 11 is 0. The summed E-state index contributed by atoms with van der Waals surface area (Å²) in [6, 6.07) is 16.6. The summed E-state index contributed by atoms with van der Waals surface area (Å²) in [7, 11) is 0. The van der Waals surface area contributed by atoms with Crippen LogP contribution in [0.4, 0.5) is 5.82 Å². The van der Waals surface area contributed by atoms with Gasteiger partial charge < -0.3 is 5.32 Å². The molecule has 0 atom stereocenters. The highest BCUT2D eigenvalue weighted by atomic mass is 16.2. The van der Waals surface area contributed by atoms with Gasteiger partial charge >= 0.3 is 0 Å². The Morgan fingerprint density at radius 1 is 1.09 bits per heavy atom. The van der Waals surface area contributed by atoms with Crippen LogP contribution in [0.2, 0.25) is 0 Å².